The number of nitrogens with two attached hydrogens (primary N) is 1. The summed E-state index contributed by atoms with van der Waals surface area (Å²) in [5, 5.41) is 10.2. The van der Waals surface area contributed by atoms with E-state index in [1.807, 2.05) is 30.3 Å². The number of benzene rings is 1. The molecule has 0 radical (unpaired) electrons. The number of nitrogens with one attached hydrogen (secondary N) is 1. The first kappa shape index (κ1) is 9.52. The maximum atomic E-state index is 5.75. The summed E-state index contributed by atoms with van der Waals surface area (Å²) in [6.07, 6.45) is 0. The zero-order chi connectivity index (χ0) is 11.7. The number of nitrogens with zero attached hydrogens (tertiary/aromatic N) is 4. The first-order valence-corrected chi connectivity index (χ1v) is 4.91. The van der Waals surface area contributed by atoms with Crippen molar-refractivity contribution >= 4 is 28.6 Å². The van der Waals surface area contributed by atoms with Crippen molar-refractivity contribution in [2.75, 3.05) is 11.1 Å². The predicted octanol–water partition coefficient (Wildman–Crippen LogP) is 1.34. The molecule has 0 aliphatic heterocycles. The summed E-state index contributed by atoms with van der Waals surface area (Å²) in [5.74, 6) is 0.677. The van der Waals surface area contributed by atoms with Gasteiger partial charge in [0.25, 0.3) is 0 Å². The van der Waals surface area contributed by atoms with E-state index in [9.17, 15) is 0 Å². The van der Waals surface area contributed by atoms with Crippen LogP contribution >= 0.6 is 0 Å². The molecule has 3 aromatic rings. The van der Waals surface area contributed by atoms with Crippen LogP contribution < -0.4 is 11.1 Å². The molecule has 0 atom stereocenters. The monoisotopic (exact) mass is 228 g/mol. The molecule has 3 N–H and O–H groups in total. The minimum absolute atomic E-state index is 0.247. The second-order valence-corrected chi connectivity index (χ2v) is 3.36. The lowest BCUT2D eigenvalue weighted by atomic mass is 10.3. The van der Waals surface area contributed by atoms with E-state index in [1.165, 1.54) is 0 Å². The van der Waals surface area contributed by atoms with Gasteiger partial charge in [-0.1, -0.05) is 18.2 Å². The van der Waals surface area contributed by atoms with Gasteiger partial charge >= 0.3 is 0 Å². The maximum absolute atomic E-state index is 5.75. The fourth-order valence-corrected chi connectivity index (χ4v) is 1.40. The highest BCUT2D eigenvalue weighted by atomic mass is 16.6. The minimum Gasteiger partial charge on any atom is -0.381 e. The van der Waals surface area contributed by atoms with E-state index in [2.05, 4.69) is 30.2 Å². The summed E-state index contributed by atoms with van der Waals surface area (Å²) >= 11 is 0. The van der Waals surface area contributed by atoms with Gasteiger partial charge in [0.2, 0.25) is 11.3 Å². The van der Waals surface area contributed by atoms with Crippen molar-refractivity contribution in [3.05, 3.63) is 30.3 Å². The van der Waals surface area contributed by atoms with Crippen LogP contribution in [-0.2, 0) is 0 Å². The minimum atomic E-state index is 0.247. The average molecular weight is 228 g/mol. The van der Waals surface area contributed by atoms with Gasteiger partial charge in [-0.25, -0.2) is 14.6 Å². The number of fused-ring (bicyclic) bond motifs is 1. The SMILES string of the molecule is Nc1nc2nonc2nc1Nc1ccccc1. The van der Waals surface area contributed by atoms with Crippen LogP contribution in [-0.4, -0.2) is 20.3 Å². The summed E-state index contributed by atoms with van der Waals surface area (Å²) in [4.78, 5) is 8.18. The van der Waals surface area contributed by atoms with E-state index < -0.39 is 0 Å². The molecule has 1 aromatic carbocycles. The first-order chi connectivity index (χ1) is 8.33. The number of hydrogen-bond donors (Lipinski definition) is 2. The molecule has 0 spiro atoms. The molecule has 0 fully saturated rings. The number of anilines is 3. The Morgan fingerprint density at radius 3 is 2.47 bits per heavy atom. The molecular weight excluding hydrogens is 220 g/mol. The fourth-order valence-electron chi connectivity index (χ4n) is 1.40. The summed E-state index contributed by atoms with van der Waals surface area (Å²) in [7, 11) is 0. The highest BCUT2D eigenvalue weighted by Gasteiger charge is 2.09. The molecular formula is C10H8N6O. The molecule has 0 aliphatic carbocycles. The molecule has 7 heteroatoms. The molecule has 3 rings (SSSR count). The zero-order valence-electron chi connectivity index (χ0n) is 8.66. The van der Waals surface area contributed by atoms with Crippen molar-refractivity contribution < 1.29 is 4.63 Å². The molecule has 0 saturated carbocycles. The van der Waals surface area contributed by atoms with E-state index in [1.54, 1.807) is 0 Å². The highest BCUT2D eigenvalue weighted by Crippen LogP contribution is 2.20. The van der Waals surface area contributed by atoms with Gasteiger partial charge in [0.15, 0.2) is 11.6 Å². The number of para-hydroxylation sites is 1. The molecule has 17 heavy (non-hydrogen) atoms. The van der Waals surface area contributed by atoms with Crippen molar-refractivity contribution in [2.45, 2.75) is 0 Å². The summed E-state index contributed by atoms with van der Waals surface area (Å²) in [5.41, 5.74) is 7.22. The Hall–Kier alpha value is -2.70. The Morgan fingerprint density at radius 2 is 1.71 bits per heavy atom. The van der Waals surface area contributed by atoms with Gasteiger partial charge < -0.3 is 11.1 Å². The third-order valence-electron chi connectivity index (χ3n) is 2.18. The Morgan fingerprint density at radius 1 is 1.00 bits per heavy atom. The van der Waals surface area contributed by atoms with Crippen LogP contribution in [0.25, 0.3) is 11.3 Å². The molecule has 0 bridgehead atoms. The topological polar surface area (TPSA) is 103 Å². The highest BCUT2D eigenvalue weighted by molar-refractivity contribution is 5.74. The van der Waals surface area contributed by atoms with Crippen LogP contribution in [0.3, 0.4) is 0 Å². The van der Waals surface area contributed by atoms with E-state index in [0.29, 0.717) is 17.1 Å². The van der Waals surface area contributed by atoms with Crippen LogP contribution in [0.5, 0.6) is 0 Å². The smallest absolute Gasteiger partial charge is 0.245 e. The largest absolute Gasteiger partial charge is 0.381 e. The van der Waals surface area contributed by atoms with Gasteiger partial charge in [-0.3, -0.25) is 0 Å². The maximum Gasteiger partial charge on any atom is 0.245 e. The van der Waals surface area contributed by atoms with Crippen LogP contribution in [0, 0.1) is 0 Å². The van der Waals surface area contributed by atoms with Crippen molar-refractivity contribution in [1.29, 1.82) is 0 Å². The third-order valence-corrected chi connectivity index (χ3v) is 2.18. The van der Waals surface area contributed by atoms with Crippen LogP contribution in [0.4, 0.5) is 17.3 Å². The molecule has 0 saturated heterocycles. The average Bonchev–Trinajstić information content (AvgIpc) is 2.78. The molecule has 2 heterocycles. The standard InChI is InChI=1S/C10H8N6O/c11-7-8(12-6-4-2-1-3-5-6)14-10-9(13-7)15-17-16-10/h1-5H,(H2,11,13,15)(H,12,14,16). The van der Waals surface area contributed by atoms with Crippen LogP contribution in [0.15, 0.2) is 35.0 Å². The van der Waals surface area contributed by atoms with Gasteiger partial charge in [0.1, 0.15) is 0 Å². The van der Waals surface area contributed by atoms with Crippen molar-refractivity contribution in [3.8, 4) is 0 Å². The van der Waals surface area contributed by atoms with Crippen LogP contribution in [0.2, 0.25) is 0 Å². The Kier molecular flexibility index (Phi) is 2.08. The molecule has 0 unspecified atom stereocenters. The van der Waals surface area contributed by atoms with Gasteiger partial charge in [-0.15, -0.1) is 0 Å². The lowest BCUT2D eigenvalue weighted by Crippen LogP contribution is -2.02. The summed E-state index contributed by atoms with van der Waals surface area (Å²) in [6, 6.07) is 9.52. The Bertz CT molecular complexity index is 650. The second-order valence-electron chi connectivity index (χ2n) is 3.36. The second kappa shape index (κ2) is 3.71. The van der Waals surface area contributed by atoms with E-state index in [0.717, 1.165) is 5.69 Å². The van der Waals surface area contributed by atoms with E-state index in [4.69, 9.17) is 5.73 Å². The van der Waals surface area contributed by atoms with E-state index >= 15 is 0 Å². The summed E-state index contributed by atoms with van der Waals surface area (Å²) < 4.78 is 4.52. The number of rotatable bonds is 2. The molecule has 0 amide bonds. The number of nitrogen functional groups attached to an aromatic ring is 1. The van der Waals surface area contributed by atoms with Gasteiger partial charge in [0.05, 0.1) is 0 Å². The quantitative estimate of drug-likeness (QED) is 0.682. The lowest BCUT2D eigenvalue weighted by molar-refractivity contribution is 0.314. The van der Waals surface area contributed by atoms with Gasteiger partial charge in [-0.2, -0.15) is 0 Å². The third kappa shape index (κ3) is 1.73. The van der Waals surface area contributed by atoms with Crippen molar-refractivity contribution in [3.63, 3.8) is 0 Å². The first-order valence-electron chi connectivity index (χ1n) is 4.91. The molecule has 0 aliphatic rings. The molecule has 84 valence electrons. The van der Waals surface area contributed by atoms with E-state index in [-0.39, 0.29) is 5.82 Å². The molecule has 2 aromatic heterocycles. The lowest BCUT2D eigenvalue weighted by Gasteiger charge is -2.06. The Balaban J connectivity index is 2.02. The van der Waals surface area contributed by atoms with Gasteiger partial charge in [0, 0.05) is 5.69 Å². The van der Waals surface area contributed by atoms with Crippen LogP contribution in [0.1, 0.15) is 0 Å². The Labute approximate surface area is 95.6 Å². The normalized spacial score (nSPS) is 10.6. The summed E-state index contributed by atoms with van der Waals surface area (Å²) in [6.45, 7) is 0. The molecule has 7 nitrogen and oxygen atoms in total. The zero-order valence-corrected chi connectivity index (χ0v) is 8.66. The predicted molar refractivity (Wildman–Crippen MR) is 61.5 cm³/mol. The van der Waals surface area contributed by atoms with Gasteiger partial charge in [-0.05, 0) is 22.4 Å². The number of hydrogen-bond acceptors (Lipinski definition) is 7. The fraction of sp³-hybridized carbons (Fsp3) is 0. The van der Waals surface area contributed by atoms with Crippen molar-refractivity contribution in [1.82, 2.24) is 20.3 Å². The van der Waals surface area contributed by atoms with Crippen molar-refractivity contribution in [2.24, 2.45) is 0 Å². The number of aromatic nitrogens is 4.